The minimum Gasteiger partial charge on any atom is -0.351 e. The highest BCUT2D eigenvalue weighted by molar-refractivity contribution is 5.82. The smallest absolute Gasteiger partial charge is 0.246 e. The van der Waals surface area contributed by atoms with Crippen LogP contribution < -0.4 is 5.32 Å². The topological polar surface area (TPSA) is 76.2 Å². The lowest BCUT2D eigenvalue weighted by atomic mass is 10.1. The molecule has 1 fully saturated rings. The molecule has 0 spiro atoms. The minimum atomic E-state index is -0.156. The third kappa shape index (κ3) is 3.84. The summed E-state index contributed by atoms with van der Waals surface area (Å²) < 4.78 is 7.35. The summed E-state index contributed by atoms with van der Waals surface area (Å²) in [6.45, 7) is 6.67. The number of nitrogens with zero attached hydrogens (tertiary/aromatic N) is 4. The molecule has 1 unspecified atom stereocenters. The van der Waals surface area contributed by atoms with Gasteiger partial charge in [0.25, 0.3) is 0 Å². The maximum Gasteiger partial charge on any atom is 0.246 e. The first-order chi connectivity index (χ1) is 11.7. The van der Waals surface area contributed by atoms with Crippen LogP contribution in [0.2, 0.25) is 0 Å². The van der Waals surface area contributed by atoms with Gasteiger partial charge in [-0.15, -0.1) is 0 Å². The van der Waals surface area contributed by atoms with Crippen molar-refractivity contribution in [1.82, 2.24) is 24.9 Å². The molecule has 1 amide bonds. The number of likely N-dealkylation sites (tertiary alicyclic amines) is 1. The molecule has 0 saturated carbocycles. The highest BCUT2D eigenvalue weighted by atomic mass is 16.5. The van der Waals surface area contributed by atoms with E-state index >= 15 is 0 Å². The highest BCUT2D eigenvalue weighted by Crippen LogP contribution is 2.15. The van der Waals surface area contributed by atoms with E-state index in [2.05, 4.69) is 39.2 Å². The molecule has 1 atom stereocenters. The Morgan fingerprint density at radius 3 is 3.04 bits per heavy atom. The Morgan fingerprint density at radius 1 is 1.42 bits per heavy atom. The van der Waals surface area contributed by atoms with Crippen LogP contribution in [0.25, 0.3) is 0 Å². The van der Waals surface area contributed by atoms with Crippen LogP contribution in [0.1, 0.15) is 43.6 Å². The highest BCUT2D eigenvalue weighted by Gasteiger charge is 2.27. The van der Waals surface area contributed by atoms with Gasteiger partial charge in [0, 0.05) is 31.5 Å². The number of aryl methyl sites for hydroxylation is 2. The molecule has 130 valence electrons. The first-order valence-corrected chi connectivity index (χ1v) is 8.62. The van der Waals surface area contributed by atoms with E-state index in [-0.39, 0.29) is 11.9 Å². The molecule has 1 N–H and O–H groups in total. The molecule has 1 aliphatic rings. The molecule has 3 heterocycles. The molecule has 1 aliphatic heterocycles. The largest absolute Gasteiger partial charge is 0.351 e. The normalized spacial score (nSPS) is 18.8. The van der Waals surface area contributed by atoms with Crippen molar-refractivity contribution in [2.24, 2.45) is 0 Å². The lowest BCUT2D eigenvalue weighted by Gasteiger charge is -2.23. The van der Waals surface area contributed by atoms with Crippen molar-refractivity contribution >= 4 is 5.91 Å². The van der Waals surface area contributed by atoms with Gasteiger partial charge in [0.2, 0.25) is 11.8 Å². The molecule has 3 rings (SSSR count). The number of nitrogens with one attached hydrogen (secondary N) is 1. The molecule has 0 radical (unpaired) electrons. The standard InChI is InChI=1S/C17H25N5O2/c1-3-21-10-6-7-14(21)11-18-15-8-4-5-9-22(17(15)23)12-16-19-13(2)20-24-16/h6-7,10,15,18H,3-5,8-9,11-12H2,1-2H3. The zero-order valence-corrected chi connectivity index (χ0v) is 14.4. The number of aromatic nitrogens is 3. The van der Waals surface area contributed by atoms with Gasteiger partial charge < -0.3 is 19.3 Å². The van der Waals surface area contributed by atoms with Crippen molar-refractivity contribution in [2.45, 2.75) is 58.8 Å². The zero-order valence-electron chi connectivity index (χ0n) is 14.4. The predicted molar refractivity (Wildman–Crippen MR) is 89.0 cm³/mol. The second-order valence-corrected chi connectivity index (χ2v) is 6.21. The van der Waals surface area contributed by atoms with Crippen LogP contribution in [0.5, 0.6) is 0 Å². The molecule has 0 aromatic carbocycles. The quantitative estimate of drug-likeness (QED) is 0.874. The van der Waals surface area contributed by atoms with Gasteiger partial charge in [-0.05, 0) is 45.2 Å². The molecular weight excluding hydrogens is 306 g/mol. The molecule has 2 aromatic rings. The summed E-state index contributed by atoms with van der Waals surface area (Å²) in [5.41, 5.74) is 1.20. The molecular formula is C17H25N5O2. The first kappa shape index (κ1) is 16.7. The monoisotopic (exact) mass is 331 g/mol. The van der Waals surface area contributed by atoms with E-state index in [4.69, 9.17) is 4.52 Å². The second kappa shape index (κ2) is 7.61. The van der Waals surface area contributed by atoms with Gasteiger partial charge in [-0.3, -0.25) is 4.79 Å². The zero-order chi connectivity index (χ0) is 16.9. The van der Waals surface area contributed by atoms with Crippen LogP contribution in [-0.4, -0.2) is 38.1 Å². The number of amides is 1. The fourth-order valence-electron chi connectivity index (χ4n) is 3.17. The molecule has 24 heavy (non-hydrogen) atoms. The average Bonchev–Trinajstić information content (AvgIpc) is 3.16. The van der Waals surface area contributed by atoms with Gasteiger partial charge in [0.15, 0.2) is 5.82 Å². The molecule has 0 aliphatic carbocycles. The van der Waals surface area contributed by atoms with Crippen LogP contribution in [0.3, 0.4) is 0 Å². The van der Waals surface area contributed by atoms with Crippen molar-refractivity contribution in [3.05, 3.63) is 35.7 Å². The van der Waals surface area contributed by atoms with Crippen molar-refractivity contribution in [3.63, 3.8) is 0 Å². The van der Waals surface area contributed by atoms with Crippen LogP contribution in [-0.2, 0) is 24.4 Å². The van der Waals surface area contributed by atoms with Crippen molar-refractivity contribution in [1.29, 1.82) is 0 Å². The van der Waals surface area contributed by atoms with E-state index in [1.807, 2.05) is 11.0 Å². The maximum atomic E-state index is 12.8. The average molecular weight is 331 g/mol. The molecule has 2 aromatic heterocycles. The minimum absolute atomic E-state index is 0.123. The fourth-order valence-corrected chi connectivity index (χ4v) is 3.17. The Morgan fingerprint density at radius 2 is 2.29 bits per heavy atom. The summed E-state index contributed by atoms with van der Waals surface area (Å²) in [7, 11) is 0. The SMILES string of the molecule is CCn1cccc1CNC1CCCCN(Cc2nc(C)no2)C1=O. The predicted octanol–water partition coefficient (Wildman–Crippen LogP) is 1.87. The Bertz CT molecular complexity index is 678. The molecule has 1 saturated heterocycles. The van der Waals surface area contributed by atoms with E-state index in [1.54, 1.807) is 6.92 Å². The summed E-state index contributed by atoms with van der Waals surface area (Å²) in [5.74, 6) is 1.22. The van der Waals surface area contributed by atoms with Gasteiger partial charge in [-0.25, -0.2) is 0 Å². The third-order valence-corrected chi connectivity index (χ3v) is 4.47. The van der Waals surface area contributed by atoms with Crippen LogP contribution in [0.15, 0.2) is 22.9 Å². The third-order valence-electron chi connectivity index (χ3n) is 4.47. The van der Waals surface area contributed by atoms with Crippen LogP contribution in [0.4, 0.5) is 0 Å². The van der Waals surface area contributed by atoms with Crippen LogP contribution in [0, 0.1) is 6.92 Å². The molecule has 7 nitrogen and oxygen atoms in total. The Kier molecular flexibility index (Phi) is 5.30. The van der Waals surface area contributed by atoms with Gasteiger partial charge in [-0.1, -0.05) is 5.16 Å². The second-order valence-electron chi connectivity index (χ2n) is 6.21. The summed E-state index contributed by atoms with van der Waals surface area (Å²) in [6.07, 6.45) is 4.97. The number of carbonyl (C=O) groups excluding carboxylic acids is 1. The van der Waals surface area contributed by atoms with Gasteiger partial charge in [0.1, 0.15) is 6.54 Å². The van der Waals surface area contributed by atoms with Gasteiger partial charge in [0.05, 0.1) is 6.04 Å². The number of rotatable bonds is 6. The van der Waals surface area contributed by atoms with E-state index in [9.17, 15) is 4.79 Å². The summed E-state index contributed by atoms with van der Waals surface area (Å²) in [4.78, 5) is 18.9. The number of hydrogen-bond donors (Lipinski definition) is 1. The number of carbonyl (C=O) groups is 1. The van der Waals surface area contributed by atoms with Crippen LogP contribution >= 0.6 is 0 Å². The Labute approximate surface area is 142 Å². The van der Waals surface area contributed by atoms with Gasteiger partial charge in [-0.2, -0.15) is 4.98 Å². The van der Waals surface area contributed by atoms with E-state index < -0.39 is 0 Å². The van der Waals surface area contributed by atoms with E-state index in [1.165, 1.54) is 5.69 Å². The molecule has 7 heteroatoms. The van der Waals surface area contributed by atoms with Crippen molar-refractivity contribution in [3.8, 4) is 0 Å². The first-order valence-electron chi connectivity index (χ1n) is 8.62. The molecule has 0 bridgehead atoms. The summed E-state index contributed by atoms with van der Waals surface area (Å²) in [6, 6.07) is 3.98. The Hall–Kier alpha value is -2.15. The summed E-state index contributed by atoms with van der Waals surface area (Å²) in [5, 5.41) is 7.23. The lowest BCUT2D eigenvalue weighted by molar-refractivity contribution is -0.133. The number of hydrogen-bond acceptors (Lipinski definition) is 5. The van der Waals surface area contributed by atoms with Crippen molar-refractivity contribution in [2.75, 3.05) is 6.54 Å². The van der Waals surface area contributed by atoms with Crippen molar-refractivity contribution < 1.29 is 9.32 Å². The fraction of sp³-hybridized carbons (Fsp3) is 0.588. The maximum absolute atomic E-state index is 12.8. The Balaban J connectivity index is 1.63. The van der Waals surface area contributed by atoms with E-state index in [0.29, 0.717) is 24.8 Å². The summed E-state index contributed by atoms with van der Waals surface area (Å²) >= 11 is 0. The van der Waals surface area contributed by atoms with Gasteiger partial charge >= 0.3 is 0 Å². The lowest BCUT2D eigenvalue weighted by Crippen LogP contribution is -2.44. The van der Waals surface area contributed by atoms with E-state index in [0.717, 1.165) is 32.4 Å².